The number of hydrogen-bond donors (Lipinski definition) is 1. The zero-order valence-electron chi connectivity index (χ0n) is 11.9. The molecule has 2 rings (SSSR count). The molecule has 1 fully saturated rings. The number of furan rings is 1. The molecule has 3 nitrogen and oxygen atoms in total. The Morgan fingerprint density at radius 1 is 1.33 bits per heavy atom. The summed E-state index contributed by atoms with van der Waals surface area (Å²) in [6.07, 6.45) is 5.21. The number of likely N-dealkylation sites (tertiary alicyclic amines) is 1. The van der Waals surface area contributed by atoms with Gasteiger partial charge in [-0.25, -0.2) is 0 Å². The first-order chi connectivity index (χ1) is 8.59. The van der Waals surface area contributed by atoms with Gasteiger partial charge in [0.2, 0.25) is 0 Å². The molecule has 0 aromatic carbocycles. The van der Waals surface area contributed by atoms with Gasteiger partial charge in [-0.2, -0.15) is 0 Å². The molecular weight excluding hydrogens is 224 g/mol. The van der Waals surface area contributed by atoms with Crippen LogP contribution in [-0.4, -0.2) is 23.5 Å². The quantitative estimate of drug-likeness (QED) is 0.895. The molecule has 0 saturated carbocycles. The largest absolute Gasteiger partial charge is 0.465 e. The molecule has 2 heterocycles. The van der Waals surface area contributed by atoms with E-state index < -0.39 is 0 Å². The van der Waals surface area contributed by atoms with E-state index in [9.17, 15) is 0 Å². The van der Waals surface area contributed by atoms with Crippen LogP contribution in [0.5, 0.6) is 0 Å². The van der Waals surface area contributed by atoms with Crippen molar-refractivity contribution in [3.05, 3.63) is 23.7 Å². The molecule has 0 aliphatic carbocycles. The van der Waals surface area contributed by atoms with Crippen LogP contribution in [0, 0.1) is 6.92 Å². The third-order valence-electron chi connectivity index (χ3n) is 4.01. The Hall–Kier alpha value is -0.800. The van der Waals surface area contributed by atoms with E-state index in [1.165, 1.54) is 25.7 Å². The van der Waals surface area contributed by atoms with Gasteiger partial charge >= 0.3 is 0 Å². The summed E-state index contributed by atoms with van der Waals surface area (Å²) in [5.41, 5.74) is 6.22. The topological polar surface area (TPSA) is 42.4 Å². The van der Waals surface area contributed by atoms with Crippen molar-refractivity contribution in [2.24, 2.45) is 5.73 Å². The van der Waals surface area contributed by atoms with Gasteiger partial charge in [0.25, 0.3) is 0 Å². The van der Waals surface area contributed by atoms with E-state index in [1.807, 2.05) is 13.0 Å². The van der Waals surface area contributed by atoms with Crippen molar-refractivity contribution in [2.75, 3.05) is 6.54 Å². The van der Waals surface area contributed by atoms with Crippen molar-refractivity contribution in [2.45, 2.75) is 64.6 Å². The Morgan fingerprint density at radius 2 is 2.11 bits per heavy atom. The molecule has 102 valence electrons. The lowest BCUT2D eigenvalue weighted by atomic mass is 10.0. The van der Waals surface area contributed by atoms with Crippen LogP contribution in [0.15, 0.2) is 16.5 Å². The maximum Gasteiger partial charge on any atom is 0.122 e. The Morgan fingerprint density at radius 3 is 2.72 bits per heavy atom. The average molecular weight is 250 g/mol. The fourth-order valence-electron chi connectivity index (χ4n) is 3.05. The lowest BCUT2D eigenvalue weighted by Crippen LogP contribution is -2.43. The highest BCUT2D eigenvalue weighted by atomic mass is 16.3. The van der Waals surface area contributed by atoms with Gasteiger partial charge in [-0.15, -0.1) is 0 Å². The molecule has 0 spiro atoms. The van der Waals surface area contributed by atoms with Crippen LogP contribution in [0.2, 0.25) is 0 Å². The maximum atomic E-state index is 6.22. The molecule has 18 heavy (non-hydrogen) atoms. The van der Waals surface area contributed by atoms with E-state index in [0.29, 0.717) is 6.04 Å². The molecule has 2 N–H and O–H groups in total. The molecular formula is C15H26N2O. The van der Waals surface area contributed by atoms with Crippen LogP contribution in [0.4, 0.5) is 0 Å². The SMILES string of the molecule is Cc1ccc(C(C(C)N)N2CCCCCC2C)o1. The Balaban J connectivity index is 2.23. The predicted molar refractivity (Wildman–Crippen MR) is 74.5 cm³/mol. The monoisotopic (exact) mass is 250 g/mol. The molecule has 3 atom stereocenters. The van der Waals surface area contributed by atoms with Crippen molar-refractivity contribution in [1.82, 2.24) is 4.90 Å². The zero-order valence-corrected chi connectivity index (χ0v) is 11.9. The van der Waals surface area contributed by atoms with E-state index in [0.717, 1.165) is 18.1 Å². The van der Waals surface area contributed by atoms with Crippen LogP contribution < -0.4 is 5.73 Å². The predicted octanol–water partition coefficient (Wildman–Crippen LogP) is 3.24. The highest BCUT2D eigenvalue weighted by Crippen LogP contribution is 2.30. The van der Waals surface area contributed by atoms with Gasteiger partial charge in [-0.3, -0.25) is 4.90 Å². The summed E-state index contributed by atoms with van der Waals surface area (Å²) in [6.45, 7) is 7.53. The zero-order chi connectivity index (χ0) is 13.1. The Kier molecular flexibility index (Phi) is 4.46. The molecule has 1 aliphatic heterocycles. The van der Waals surface area contributed by atoms with E-state index in [1.54, 1.807) is 0 Å². The molecule has 0 bridgehead atoms. The summed E-state index contributed by atoms with van der Waals surface area (Å²) in [4.78, 5) is 2.54. The average Bonchev–Trinajstić information content (AvgIpc) is 2.61. The van der Waals surface area contributed by atoms with Gasteiger partial charge in [0.1, 0.15) is 11.5 Å². The summed E-state index contributed by atoms with van der Waals surface area (Å²) in [6, 6.07) is 5.02. The van der Waals surface area contributed by atoms with Gasteiger partial charge in [0.05, 0.1) is 6.04 Å². The van der Waals surface area contributed by atoms with E-state index in [4.69, 9.17) is 10.2 Å². The molecule has 1 aliphatic rings. The summed E-state index contributed by atoms with van der Waals surface area (Å²) >= 11 is 0. The van der Waals surface area contributed by atoms with E-state index in [2.05, 4.69) is 24.8 Å². The summed E-state index contributed by atoms with van der Waals surface area (Å²) in [5.74, 6) is 1.99. The van der Waals surface area contributed by atoms with Gasteiger partial charge in [-0.1, -0.05) is 12.8 Å². The first kappa shape index (κ1) is 13.6. The third kappa shape index (κ3) is 2.96. The second-order valence-corrected chi connectivity index (χ2v) is 5.69. The summed E-state index contributed by atoms with van der Waals surface area (Å²) < 4.78 is 5.83. The second-order valence-electron chi connectivity index (χ2n) is 5.69. The number of nitrogens with two attached hydrogens (primary N) is 1. The van der Waals surface area contributed by atoms with Crippen molar-refractivity contribution in [1.29, 1.82) is 0 Å². The summed E-state index contributed by atoms with van der Waals surface area (Å²) in [5, 5.41) is 0. The summed E-state index contributed by atoms with van der Waals surface area (Å²) in [7, 11) is 0. The Labute approximate surface area is 110 Å². The highest BCUT2D eigenvalue weighted by molar-refractivity contribution is 5.12. The third-order valence-corrected chi connectivity index (χ3v) is 4.01. The number of hydrogen-bond acceptors (Lipinski definition) is 3. The highest BCUT2D eigenvalue weighted by Gasteiger charge is 2.30. The first-order valence-electron chi connectivity index (χ1n) is 7.17. The van der Waals surface area contributed by atoms with Crippen molar-refractivity contribution in [3.8, 4) is 0 Å². The van der Waals surface area contributed by atoms with Gasteiger partial charge < -0.3 is 10.2 Å². The smallest absolute Gasteiger partial charge is 0.122 e. The maximum absolute atomic E-state index is 6.22. The molecule has 1 saturated heterocycles. The first-order valence-corrected chi connectivity index (χ1v) is 7.17. The Bertz CT molecular complexity index is 372. The lowest BCUT2D eigenvalue weighted by Gasteiger charge is -2.36. The molecule has 1 aromatic rings. The van der Waals surface area contributed by atoms with Crippen LogP contribution >= 0.6 is 0 Å². The normalized spacial score (nSPS) is 25.7. The minimum absolute atomic E-state index is 0.0936. The fourth-order valence-corrected chi connectivity index (χ4v) is 3.05. The van der Waals surface area contributed by atoms with Gasteiger partial charge in [0, 0.05) is 12.1 Å². The van der Waals surface area contributed by atoms with Gasteiger partial charge in [-0.05, 0) is 52.3 Å². The van der Waals surface area contributed by atoms with Crippen LogP contribution in [0.1, 0.15) is 57.1 Å². The van der Waals surface area contributed by atoms with E-state index >= 15 is 0 Å². The molecule has 1 aromatic heterocycles. The molecule has 3 heteroatoms. The lowest BCUT2D eigenvalue weighted by molar-refractivity contribution is 0.112. The number of nitrogens with zero attached hydrogens (tertiary/aromatic N) is 1. The minimum atomic E-state index is 0.0936. The van der Waals surface area contributed by atoms with Crippen LogP contribution in [0.25, 0.3) is 0 Å². The molecule has 3 unspecified atom stereocenters. The van der Waals surface area contributed by atoms with Crippen LogP contribution in [0.3, 0.4) is 0 Å². The van der Waals surface area contributed by atoms with Gasteiger partial charge in [0.15, 0.2) is 0 Å². The molecule has 0 radical (unpaired) electrons. The number of rotatable bonds is 3. The standard InChI is InChI=1S/C15H26N2O/c1-11-7-5-4-6-10-17(11)15(13(3)16)14-9-8-12(2)18-14/h8-9,11,13,15H,4-7,10,16H2,1-3H3. The minimum Gasteiger partial charge on any atom is -0.465 e. The van der Waals surface area contributed by atoms with E-state index in [-0.39, 0.29) is 12.1 Å². The fraction of sp³-hybridized carbons (Fsp3) is 0.733. The van der Waals surface area contributed by atoms with Crippen molar-refractivity contribution >= 4 is 0 Å². The number of aryl methyl sites for hydroxylation is 1. The van der Waals surface area contributed by atoms with Crippen molar-refractivity contribution < 1.29 is 4.42 Å². The van der Waals surface area contributed by atoms with Crippen molar-refractivity contribution in [3.63, 3.8) is 0 Å². The second kappa shape index (κ2) is 5.89. The van der Waals surface area contributed by atoms with Crippen LogP contribution in [-0.2, 0) is 0 Å². The molecule has 0 amide bonds.